The molecule has 0 bridgehead atoms. The normalized spacial score (nSPS) is 12.0. The van der Waals surface area contributed by atoms with Crippen LogP contribution >= 0.6 is 0 Å². The highest BCUT2D eigenvalue weighted by atomic mass is 19.1. The van der Waals surface area contributed by atoms with Crippen LogP contribution in [0.1, 0.15) is 50.8 Å². The van der Waals surface area contributed by atoms with E-state index in [-0.39, 0.29) is 11.9 Å². The first-order chi connectivity index (χ1) is 7.54. The van der Waals surface area contributed by atoms with E-state index in [1.54, 1.807) is 0 Å². The number of hydrogen-bond acceptors (Lipinski definition) is 2. The molecule has 1 aromatic carbocycles. The van der Waals surface area contributed by atoms with Gasteiger partial charge in [-0.1, -0.05) is 33.8 Å². The Bertz CT molecular complexity index is 311. The second-order valence-corrected chi connectivity index (χ2v) is 3.81. The first kappa shape index (κ1) is 15.1. The second-order valence-electron chi connectivity index (χ2n) is 3.81. The Morgan fingerprint density at radius 1 is 1.12 bits per heavy atom. The van der Waals surface area contributed by atoms with Crippen molar-refractivity contribution in [1.29, 1.82) is 0 Å². The molecular weight excluding hydrogens is 203 g/mol. The first-order valence-corrected chi connectivity index (χ1v) is 5.80. The van der Waals surface area contributed by atoms with Gasteiger partial charge < -0.3 is 11.5 Å². The van der Waals surface area contributed by atoms with Crippen molar-refractivity contribution in [2.45, 2.75) is 39.7 Å². The quantitative estimate of drug-likeness (QED) is 0.832. The van der Waals surface area contributed by atoms with Gasteiger partial charge in [-0.15, -0.1) is 0 Å². The molecule has 16 heavy (non-hydrogen) atoms. The third-order valence-corrected chi connectivity index (χ3v) is 2.29. The first-order valence-electron chi connectivity index (χ1n) is 5.80. The fraction of sp³-hybridized carbons (Fsp3) is 0.538. The van der Waals surface area contributed by atoms with Crippen molar-refractivity contribution in [3.8, 4) is 0 Å². The lowest BCUT2D eigenvalue weighted by atomic mass is 9.98. The Hall–Kier alpha value is -0.930. The topological polar surface area (TPSA) is 52.0 Å². The summed E-state index contributed by atoms with van der Waals surface area (Å²) in [6.07, 6.45) is 0. The lowest BCUT2D eigenvalue weighted by Gasteiger charge is -2.13. The zero-order valence-electron chi connectivity index (χ0n) is 10.6. The van der Waals surface area contributed by atoms with Crippen molar-refractivity contribution in [3.63, 3.8) is 0 Å². The molecule has 1 atom stereocenters. The molecule has 1 rings (SSSR count). The molecule has 0 aromatic heterocycles. The molecule has 1 aromatic rings. The maximum absolute atomic E-state index is 13.2. The molecule has 0 unspecified atom stereocenters. The van der Waals surface area contributed by atoms with E-state index >= 15 is 0 Å². The van der Waals surface area contributed by atoms with Gasteiger partial charge in [0.05, 0.1) is 0 Å². The zero-order valence-corrected chi connectivity index (χ0v) is 10.6. The van der Waals surface area contributed by atoms with Gasteiger partial charge >= 0.3 is 0 Å². The highest BCUT2D eigenvalue weighted by Crippen LogP contribution is 2.20. The van der Waals surface area contributed by atoms with Gasteiger partial charge in [0.15, 0.2) is 0 Å². The molecule has 0 saturated carbocycles. The minimum Gasteiger partial charge on any atom is -0.329 e. The van der Waals surface area contributed by atoms with Crippen LogP contribution in [0.5, 0.6) is 0 Å². The fourth-order valence-corrected chi connectivity index (χ4v) is 1.32. The van der Waals surface area contributed by atoms with Gasteiger partial charge in [-0.3, -0.25) is 0 Å². The van der Waals surface area contributed by atoms with E-state index in [2.05, 4.69) is 0 Å². The minimum absolute atomic E-state index is 0.241. The number of nitrogens with two attached hydrogens (primary N) is 2. The summed E-state index contributed by atoms with van der Waals surface area (Å²) in [5.41, 5.74) is 12.9. The van der Waals surface area contributed by atoms with Gasteiger partial charge in [-0.05, 0) is 29.2 Å². The van der Waals surface area contributed by atoms with Gasteiger partial charge in [-0.2, -0.15) is 0 Å². The lowest BCUT2D eigenvalue weighted by Crippen LogP contribution is -2.21. The van der Waals surface area contributed by atoms with Crippen LogP contribution in [-0.2, 0) is 0 Å². The largest absolute Gasteiger partial charge is 0.329 e. The van der Waals surface area contributed by atoms with Gasteiger partial charge in [0.1, 0.15) is 5.82 Å². The van der Waals surface area contributed by atoms with Crippen LogP contribution in [0.2, 0.25) is 0 Å². The summed E-state index contributed by atoms with van der Waals surface area (Å²) in [4.78, 5) is 0. The van der Waals surface area contributed by atoms with Crippen molar-refractivity contribution in [2.75, 3.05) is 6.54 Å². The summed E-state index contributed by atoms with van der Waals surface area (Å²) in [5.74, 6) is 0.0597. The Morgan fingerprint density at radius 3 is 2.06 bits per heavy atom. The summed E-state index contributed by atoms with van der Waals surface area (Å²) in [7, 11) is 0. The smallest absolute Gasteiger partial charge is 0.123 e. The Labute approximate surface area is 97.8 Å². The summed E-state index contributed by atoms with van der Waals surface area (Å²) in [6.45, 7) is 8.38. The lowest BCUT2D eigenvalue weighted by molar-refractivity contribution is 0.614. The van der Waals surface area contributed by atoms with Crippen LogP contribution in [0, 0.1) is 5.82 Å². The van der Waals surface area contributed by atoms with E-state index in [9.17, 15) is 4.39 Å². The van der Waals surface area contributed by atoms with Crippen LogP contribution in [0.15, 0.2) is 18.2 Å². The standard InChI is InChI=1S/C11H17FN2.C2H6/c1-7(2)8-3-9(11(14)6-13)5-10(12)4-8;1-2/h3-5,7,11H,6,13-14H2,1-2H3;1-2H3/t11-;/m1./s1. The summed E-state index contributed by atoms with van der Waals surface area (Å²) >= 11 is 0. The van der Waals surface area contributed by atoms with Crippen molar-refractivity contribution >= 4 is 0 Å². The molecule has 0 amide bonds. The third-order valence-electron chi connectivity index (χ3n) is 2.29. The highest BCUT2D eigenvalue weighted by molar-refractivity contribution is 5.29. The molecule has 0 fully saturated rings. The minimum atomic E-state index is -0.275. The molecule has 0 aliphatic carbocycles. The summed E-state index contributed by atoms with van der Waals surface area (Å²) < 4.78 is 13.2. The van der Waals surface area contributed by atoms with Gasteiger partial charge in [0, 0.05) is 12.6 Å². The molecule has 2 nitrogen and oxygen atoms in total. The molecule has 92 valence electrons. The van der Waals surface area contributed by atoms with Crippen molar-refractivity contribution in [2.24, 2.45) is 11.5 Å². The van der Waals surface area contributed by atoms with Crippen LogP contribution in [0.4, 0.5) is 4.39 Å². The summed E-state index contributed by atoms with van der Waals surface area (Å²) in [5, 5.41) is 0. The van der Waals surface area contributed by atoms with Gasteiger partial charge in [0.2, 0.25) is 0 Å². The SMILES string of the molecule is CC.CC(C)c1cc(F)cc([C@H](N)CN)c1. The molecular formula is C13H23FN2. The van der Waals surface area contributed by atoms with E-state index in [1.807, 2.05) is 33.8 Å². The van der Waals surface area contributed by atoms with Crippen LogP contribution in [0.3, 0.4) is 0 Å². The monoisotopic (exact) mass is 226 g/mol. The number of halogens is 1. The van der Waals surface area contributed by atoms with Crippen LogP contribution in [0.25, 0.3) is 0 Å². The summed E-state index contributed by atoms with van der Waals surface area (Å²) in [6, 6.07) is 4.63. The van der Waals surface area contributed by atoms with Crippen molar-refractivity contribution in [1.82, 2.24) is 0 Å². The van der Waals surface area contributed by atoms with Crippen LogP contribution < -0.4 is 11.5 Å². The predicted octanol–water partition coefficient (Wildman–Crippen LogP) is 2.93. The fourth-order valence-electron chi connectivity index (χ4n) is 1.32. The molecule has 0 spiro atoms. The van der Waals surface area contributed by atoms with Gasteiger partial charge in [-0.25, -0.2) is 4.39 Å². The molecule has 0 aliphatic rings. The molecule has 0 radical (unpaired) electrons. The number of rotatable bonds is 3. The highest BCUT2D eigenvalue weighted by Gasteiger charge is 2.08. The van der Waals surface area contributed by atoms with Crippen molar-refractivity contribution < 1.29 is 4.39 Å². The van der Waals surface area contributed by atoms with E-state index < -0.39 is 0 Å². The third kappa shape index (κ3) is 4.29. The molecule has 0 saturated heterocycles. The molecule has 3 heteroatoms. The van der Waals surface area contributed by atoms with Crippen molar-refractivity contribution in [3.05, 3.63) is 35.1 Å². The van der Waals surface area contributed by atoms with E-state index in [4.69, 9.17) is 11.5 Å². The maximum Gasteiger partial charge on any atom is 0.123 e. The van der Waals surface area contributed by atoms with E-state index in [1.165, 1.54) is 12.1 Å². The molecule has 0 aliphatic heterocycles. The average Bonchev–Trinajstić information content (AvgIpc) is 2.29. The zero-order chi connectivity index (χ0) is 12.7. The van der Waals surface area contributed by atoms with Gasteiger partial charge in [0.25, 0.3) is 0 Å². The Morgan fingerprint density at radius 2 is 1.62 bits per heavy atom. The predicted molar refractivity (Wildman–Crippen MR) is 67.8 cm³/mol. The number of hydrogen-bond donors (Lipinski definition) is 2. The van der Waals surface area contributed by atoms with E-state index in [0.29, 0.717) is 12.5 Å². The van der Waals surface area contributed by atoms with E-state index in [0.717, 1.165) is 11.1 Å². The second kappa shape index (κ2) is 7.36. The Kier molecular flexibility index (Phi) is 6.93. The maximum atomic E-state index is 13.2. The average molecular weight is 226 g/mol. The molecule has 4 N–H and O–H groups in total. The number of benzene rings is 1. The van der Waals surface area contributed by atoms with Crippen LogP contribution in [-0.4, -0.2) is 6.54 Å². The molecule has 0 heterocycles. The Balaban J connectivity index is 0.00000106.